The highest BCUT2D eigenvalue weighted by Crippen LogP contribution is 2.00. The van der Waals surface area contributed by atoms with Crippen molar-refractivity contribution in [1.82, 2.24) is 0 Å². The molecule has 1 unspecified atom stereocenters. The van der Waals surface area contributed by atoms with Gasteiger partial charge in [0.15, 0.2) is 0 Å². The first-order valence-electron chi connectivity index (χ1n) is 2.71. The molecule has 0 aliphatic carbocycles. The fourth-order valence-corrected chi connectivity index (χ4v) is 0.911. The summed E-state index contributed by atoms with van der Waals surface area (Å²) in [7, 11) is 0. The number of benzene rings is 1. The van der Waals surface area contributed by atoms with Crippen molar-refractivity contribution in [2.24, 2.45) is 0 Å². The van der Waals surface area contributed by atoms with Gasteiger partial charge in [0, 0.05) is 11.5 Å². The predicted molar refractivity (Wildman–Crippen MR) is 40.3 cm³/mol. The summed E-state index contributed by atoms with van der Waals surface area (Å²) in [6.07, 6.45) is 0. The number of hydrogen-bond donors (Lipinski definition) is 0. The van der Waals surface area contributed by atoms with Gasteiger partial charge in [0.05, 0.1) is 0 Å². The van der Waals surface area contributed by atoms with Gasteiger partial charge in [-0.2, -0.15) is 0 Å². The SMILES string of the molecule is C#N.O=S([O-])c1ccccc1. The van der Waals surface area contributed by atoms with Crippen molar-refractivity contribution in [3.63, 3.8) is 0 Å². The molecule has 0 saturated heterocycles. The largest absolute Gasteiger partial charge is 0.768 e. The quantitative estimate of drug-likeness (QED) is 0.589. The van der Waals surface area contributed by atoms with Crippen molar-refractivity contribution in [3.8, 4) is 6.57 Å². The maximum Gasteiger partial charge on any atom is 0.0462 e. The number of nitrogens with zero attached hydrogens (tertiary/aromatic N) is 1. The highest BCUT2D eigenvalue weighted by molar-refractivity contribution is 7.79. The fraction of sp³-hybridized carbons (Fsp3) is 0. The summed E-state index contributed by atoms with van der Waals surface area (Å²) in [5.41, 5.74) is 0. The van der Waals surface area contributed by atoms with E-state index in [1.807, 2.05) is 0 Å². The highest BCUT2D eigenvalue weighted by atomic mass is 32.2. The molecule has 4 heteroatoms. The molecule has 58 valence electrons. The minimum atomic E-state index is -2.08. The van der Waals surface area contributed by atoms with Crippen molar-refractivity contribution in [3.05, 3.63) is 30.3 Å². The Hall–Kier alpha value is -1.18. The van der Waals surface area contributed by atoms with Crippen LogP contribution in [-0.4, -0.2) is 8.76 Å². The van der Waals surface area contributed by atoms with Gasteiger partial charge in [-0.25, -0.2) is 5.26 Å². The lowest BCUT2D eigenvalue weighted by Gasteiger charge is -2.01. The van der Waals surface area contributed by atoms with Gasteiger partial charge in [0.2, 0.25) is 0 Å². The van der Waals surface area contributed by atoms with Crippen LogP contribution in [0.15, 0.2) is 35.2 Å². The maximum absolute atomic E-state index is 10.2. The molecule has 0 N–H and O–H groups in total. The van der Waals surface area contributed by atoms with E-state index < -0.39 is 11.1 Å². The van der Waals surface area contributed by atoms with Gasteiger partial charge in [0.25, 0.3) is 0 Å². The zero-order valence-electron chi connectivity index (χ0n) is 5.64. The van der Waals surface area contributed by atoms with E-state index in [1.54, 1.807) is 30.3 Å². The lowest BCUT2D eigenvalue weighted by Crippen LogP contribution is -1.85. The summed E-state index contributed by atoms with van der Waals surface area (Å²) in [5, 5.41) is 6.50. The molecule has 0 aromatic heterocycles. The summed E-state index contributed by atoms with van der Waals surface area (Å²) in [6, 6.07) is 8.23. The molecular weight excluding hydrogens is 162 g/mol. The standard InChI is InChI=1S/C6H6O2S.CHN/c7-9(8)6-4-2-1-3-5-6;1-2/h1-5H,(H,7,8);1H/p-1. The molecule has 1 rings (SSSR count). The molecule has 0 aliphatic rings. The zero-order chi connectivity index (χ0) is 8.69. The molecule has 0 aliphatic heterocycles. The van der Waals surface area contributed by atoms with Crippen LogP contribution < -0.4 is 0 Å². The Morgan fingerprint density at radius 2 is 1.73 bits per heavy atom. The highest BCUT2D eigenvalue weighted by Gasteiger charge is 1.84. The van der Waals surface area contributed by atoms with Crippen molar-refractivity contribution in [2.45, 2.75) is 4.90 Å². The third-order valence-corrected chi connectivity index (χ3v) is 1.59. The Balaban J connectivity index is 0.000000461. The molecule has 1 atom stereocenters. The molecule has 11 heavy (non-hydrogen) atoms. The van der Waals surface area contributed by atoms with Gasteiger partial charge in [-0.05, 0) is 23.2 Å². The minimum Gasteiger partial charge on any atom is -0.768 e. The Labute approximate surface area is 67.6 Å². The van der Waals surface area contributed by atoms with E-state index in [9.17, 15) is 8.76 Å². The second-order valence-corrected chi connectivity index (χ2v) is 2.49. The first-order chi connectivity index (χ1) is 5.30. The van der Waals surface area contributed by atoms with Crippen LogP contribution in [0.25, 0.3) is 0 Å². The van der Waals surface area contributed by atoms with E-state index in [0.717, 1.165) is 0 Å². The first-order valence-corrected chi connectivity index (χ1v) is 3.78. The van der Waals surface area contributed by atoms with Crippen LogP contribution in [0.5, 0.6) is 0 Å². The van der Waals surface area contributed by atoms with Crippen LogP contribution in [-0.2, 0) is 11.1 Å². The minimum absolute atomic E-state index is 0.331. The molecule has 1 aromatic rings. The number of rotatable bonds is 1. The smallest absolute Gasteiger partial charge is 0.0462 e. The zero-order valence-corrected chi connectivity index (χ0v) is 6.45. The molecule has 0 spiro atoms. The summed E-state index contributed by atoms with van der Waals surface area (Å²) in [4.78, 5) is 0.331. The molecular formula is C7H6NO2S-. The molecule has 3 nitrogen and oxygen atoms in total. The Morgan fingerprint density at radius 3 is 2.00 bits per heavy atom. The monoisotopic (exact) mass is 168 g/mol. The van der Waals surface area contributed by atoms with Gasteiger partial charge in [0.1, 0.15) is 0 Å². The summed E-state index contributed by atoms with van der Waals surface area (Å²) in [5.74, 6) is 0. The average molecular weight is 168 g/mol. The molecule has 0 saturated carbocycles. The third kappa shape index (κ3) is 3.50. The topological polar surface area (TPSA) is 63.9 Å². The van der Waals surface area contributed by atoms with Crippen molar-refractivity contribution in [2.75, 3.05) is 0 Å². The van der Waals surface area contributed by atoms with Gasteiger partial charge in [-0.3, -0.25) is 4.21 Å². The molecule has 0 radical (unpaired) electrons. The van der Waals surface area contributed by atoms with Crippen molar-refractivity contribution < 1.29 is 8.76 Å². The van der Waals surface area contributed by atoms with E-state index in [-0.39, 0.29) is 0 Å². The van der Waals surface area contributed by atoms with Gasteiger partial charge < -0.3 is 4.55 Å². The van der Waals surface area contributed by atoms with Crippen LogP contribution in [0.4, 0.5) is 0 Å². The normalized spacial score (nSPS) is 10.8. The Bertz CT molecular complexity index is 245. The summed E-state index contributed by atoms with van der Waals surface area (Å²) in [6.45, 7) is 3.50. The lowest BCUT2D eigenvalue weighted by molar-refractivity contribution is 0.537. The third-order valence-electron chi connectivity index (χ3n) is 0.936. The van der Waals surface area contributed by atoms with Crippen molar-refractivity contribution in [1.29, 1.82) is 5.26 Å². The predicted octanol–water partition coefficient (Wildman–Crippen LogP) is 1.06. The van der Waals surface area contributed by atoms with Gasteiger partial charge in [-0.1, -0.05) is 18.2 Å². The lowest BCUT2D eigenvalue weighted by atomic mass is 10.4. The van der Waals surface area contributed by atoms with Crippen molar-refractivity contribution >= 4 is 11.1 Å². The summed E-state index contributed by atoms with van der Waals surface area (Å²) >= 11 is -2.08. The van der Waals surface area contributed by atoms with E-state index in [4.69, 9.17) is 5.26 Å². The summed E-state index contributed by atoms with van der Waals surface area (Å²) < 4.78 is 20.4. The average Bonchev–Trinajstić information content (AvgIpc) is 2.10. The fourth-order valence-electron chi connectivity index (χ4n) is 0.532. The molecule has 0 amide bonds. The van der Waals surface area contributed by atoms with Crippen LogP contribution in [0, 0.1) is 11.8 Å². The second kappa shape index (κ2) is 5.59. The molecule has 1 aromatic carbocycles. The molecule has 0 heterocycles. The first kappa shape index (κ1) is 9.82. The van der Waals surface area contributed by atoms with E-state index in [0.29, 0.717) is 4.90 Å². The number of hydrogen-bond acceptors (Lipinski definition) is 3. The number of nitriles is 1. The van der Waals surface area contributed by atoms with E-state index >= 15 is 0 Å². The van der Waals surface area contributed by atoms with Gasteiger partial charge >= 0.3 is 0 Å². The maximum atomic E-state index is 10.2. The Kier molecular flexibility index (Phi) is 4.99. The van der Waals surface area contributed by atoms with Crippen LogP contribution in [0.1, 0.15) is 0 Å². The van der Waals surface area contributed by atoms with E-state index in [1.165, 1.54) is 0 Å². The molecule has 0 fully saturated rings. The van der Waals surface area contributed by atoms with Crippen LogP contribution in [0.3, 0.4) is 0 Å². The van der Waals surface area contributed by atoms with E-state index in [2.05, 4.69) is 6.57 Å². The molecule has 0 bridgehead atoms. The second-order valence-electron chi connectivity index (χ2n) is 1.55. The van der Waals surface area contributed by atoms with Gasteiger partial charge in [-0.15, -0.1) is 0 Å². The van der Waals surface area contributed by atoms with Crippen LogP contribution in [0.2, 0.25) is 0 Å². The Morgan fingerprint density at radius 1 is 1.27 bits per heavy atom. The van der Waals surface area contributed by atoms with Crippen LogP contribution >= 0.6 is 0 Å².